The number of carbonyl (C=O) groups is 1. The third-order valence-corrected chi connectivity index (χ3v) is 4.09. The first-order valence-corrected chi connectivity index (χ1v) is 8.44. The molecule has 2 aromatic rings. The Kier molecular flexibility index (Phi) is 6.26. The molecule has 1 aromatic heterocycles. The van der Waals surface area contributed by atoms with Crippen LogP contribution in [-0.4, -0.2) is 29.3 Å². The van der Waals surface area contributed by atoms with Crippen LogP contribution in [0.3, 0.4) is 0 Å². The van der Waals surface area contributed by atoms with Gasteiger partial charge < -0.3 is 10.1 Å². The fourth-order valence-electron chi connectivity index (χ4n) is 2.59. The van der Waals surface area contributed by atoms with Crippen LogP contribution in [0.15, 0.2) is 24.3 Å². The number of rotatable bonds is 7. The van der Waals surface area contributed by atoms with Gasteiger partial charge in [-0.25, -0.2) is 0 Å². The normalized spacial score (nSPS) is 10.9. The number of amides is 1. The number of aryl methyl sites for hydroxylation is 1. The van der Waals surface area contributed by atoms with Gasteiger partial charge in [0.15, 0.2) is 0 Å². The Morgan fingerprint density at radius 1 is 1.38 bits per heavy atom. The second-order valence-corrected chi connectivity index (χ2v) is 6.50. The third-order valence-electron chi connectivity index (χ3n) is 3.70. The minimum atomic E-state index is -0.192. The molecule has 130 valence electrons. The van der Waals surface area contributed by atoms with Crippen LogP contribution < -0.4 is 10.1 Å². The topological polar surface area (TPSA) is 56.1 Å². The number of para-hydroxylation sites is 1. The smallest absolute Gasteiger partial charge is 0.256 e. The predicted molar refractivity (Wildman–Crippen MR) is 95.8 cm³/mol. The Morgan fingerprint density at radius 2 is 2.08 bits per heavy atom. The van der Waals surface area contributed by atoms with Gasteiger partial charge in [0.05, 0.1) is 18.4 Å². The first-order chi connectivity index (χ1) is 11.4. The van der Waals surface area contributed by atoms with Gasteiger partial charge >= 0.3 is 0 Å². The van der Waals surface area contributed by atoms with E-state index in [1.165, 1.54) is 0 Å². The predicted octanol–water partition coefficient (Wildman–Crippen LogP) is 3.48. The van der Waals surface area contributed by atoms with Crippen molar-refractivity contribution in [1.29, 1.82) is 0 Å². The Balaban J connectivity index is 2.01. The van der Waals surface area contributed by atoms with Crippen molar-refractivity contribution in [3.63, 3.8) is 0 Å². The summed E-state index contributed by atoms with van der Waals surface area (Å²) in [4.78, 5) is 12.4. The van der Waals surface area contributed by atoms with E-state index >= 15 is 0 Å². The van der Waals surface area contributed by atoms with Gasteiger partial charge in [0, 0.05) is 13.1 Å². The van der Waals surface area contributed by atoms with E-state index in [1.54, 1.807) is 18.7 Å². The highest BCUT2D eigenvalue weighted by Crippen LogP contribution is 2.21. The minimum Gasteiger partial charge on any atom is -0.496 e. The van der Waals surface area contributed by atoms with Crippen molar-refractivity contribution in [2.45, 2.75) is 33.7 Å². The van der Waals surface area contributed by atoms with Crippen LogP contribution in [0.25, 0.3) is 0 Å². The molecule has 5 nitrogen and oxygen atoms in total. The second-order valence-electron chi connectivity index (χ2n) is 6.14. The van der Waals surface area contributed by atoms with Crippen LogP contribution in [0.1, 0.15) is 35.5 Å². The van der Waals surface area contributed by atoms with Gasteiger partial charge in [0.1, 0.15) is 10.9 Å². The zero-order valence-electron chi connectivity index (χ0n) is 14.6. The molecule has 0 fully saturated rings. The fraction of sp³-hybridized carbons (Fsp3) is 0.444. The number of hydrogen-bond donors (Lipinski definition) is 1. The van der Waals surface area contributed by atoms with Crippen molar-refractivity contribution < 1.29 is 9.53 Å². The van der Waals surface area contributed by atoms with Gasteiger partial charge in [-0.15, -0.1) is 0 Å². The fourth-order valence-corrected chi connectivity index (χ4v) is 2.92. The highest BCUT2D eigenvalue weighted by Gasteiger charge is 2.20. The highest BCUT2D eigenvalue weighted by molar-refractivity contribution is 6.33. The van der Waals surface area contributed by atoms with Crippen molar-refractivity contribution in [1.82, 2.24) is 15.1 Å². The number of ether oxygens (including phenoxy) is 1. The molecule has 0 saturated heterocycles. The maximum absolute atomic E-state index is 12.4. The standard InChI is InChI=1S/C18H24ClN3O2/c1-12(2)11-22-17(19)16(13(3)21-22)18(23)20-10-9-14-7-5-6-8-15(14)24-4/h5-8,12H,9-11H2,1-4H3,(H,20,23). The molecule has 6 heteroatoms. The van der Waals surface area contributed by atoms with Crippen molar-refractivity contribution >= 4 is 17.5 Å². The van der Waals surface area contributed by atoms with Crippen LogP contribution in [0.5, 0.6) is 5.75 Å². The summed E-state index contributed by atoms with van der Waals surface area (Å²) in [6.07, 6.45) is 0.687. The molecule has 2 rings (SSSR count). The molecule has 1 aromatic carbocycles. The van der Waals surface area contributed by atoms with E-state index in [0.717, 1.165) is 11.3 Å². The maximum Gasteiger partial charge on any atom is 0.256 e. The monoisotopic (exact) mass is 349 g/mol. The summed E-state index contributed by atoms with van der Waals surface area (Å²) >= 11 is 6.33. The van der Waals surface area contributed by atoms with E-state index in [9.17, 15) is 4.79 Å². The molecular formula is C18H24ClN3O2. The summed E-state index contributed by atoms with van der Waals surface area (Å²) in [5, 5.41) is 7.68. The molecule has 1 N–H and O–H groups in total. The summed E-state index contributed by atoms with van der Waals surface area (Å²) < 4.78 is 7.01. The average Bonchev–Trinajstić information content (AvgIpc) is 2.81. The van der Waals surface area contributed by atoms with Gasteiger partial charge in [0.25, 0.3) is 5.91 Å². The number of aromatic nitrogens is 2. The number of nitrogens with one attached hydrogen (secondary N) is 1. The lowest BCUT2D eigenvalue weighted by molar-refractivity contribution is 0.0953. The molecule has 0 aliphatic rings. The lowest BCUT2D eigenvalue weighted by Crippen LogP contribution is -2.26. The molecular weight excluding hydrogens is 326 g/mol. The Bertz CT molecular complexity index is 710. The molecule has 0 aliphatic carbocycles. The van der Waals surface area contributed by atoms with Crippen LogP contribution in [0, 0.1) is 12.8 Å². The number of methoxy groups -OCH3 is 1. The summed E-state index contributed by atoms with van der Waals surface area (Å²) in [6, 6.07) is 7.78. The Labute approximate surface area is 148 Å². The van der Waals surface area contributed by atoms with E-state index in [4.69, 9.17) is 16.3 Å². The number of benzene rings is 1. The van der Waals surface area contributed by atoms with Gasteiger partial charge in [-0.2, -0.15) is 5.10 Å². The molecule has 1 amide bonds. The number of hydrogen-bond acceptors (Lipinski definition) is 3. The third kappa shape index (κ3) is 4.29. The summed E-state index contributed by atoms with van der Waals surface area (Å²) in [7, 11) is 1.64. The molecule has 0 bridgehead atoms. The van der Waals surface area contributed by atoms with Crippen molar-refractivity contribution in [3.05, 3.63) is 46.2 Å². The van der Waals surface area contributed by atoms with Crippen molar-refractivity contribution in [3.8, 4) is 5.75 Å². The van der Waals surface area contributed by atoms with Gasteiger partial charge in [-0.3, -0.25) is 9.48 Å². The van der Waals surface area contributed by atoms with Crippen molar-refractivity contribution in [2.75, 3.05) is 13.7 Å². The van der Waals surface area contributed by atoms with E-state index in [0.29, 0.717) is 41.8 Å². The second kappa shape index (κ2) is 8.20. The SMILES string of the molecule is COc1ccccc1CCNC(=O)c1c(C)nn(CC(C)C)c1Cl. The van der Waals surface area contributed by atoms with Crippen LogP contribution >= 0.6 is 11.6 Å². The molecule has 0 atom stereocenters. The number of nitrogens with zero attached hydrogens (tertiary/aromatic N) is 2. The van der Waals surface area contributed by atoms with E-state index in [-0.39, 0.29) is 5.91 Å². The zero-order chi connectivity index (χ0) is 17.7. The van der Waals surface area contributed by atoms with Crippen LogP contribution in [-0.2, 0) is 13.0 Å². The molecule has 0 unspecified atom stereocenters. The maximum atomic E-state index is 12.4. The molecule has 0 aliphatic heterocycles. The van der Waals surface area contributed by atoms with Gasteiger partial charge in [0.2, 0.25) is 0 Å². The largest absolute Gasteiger partial charge is 0.496 e. The Morgan fingerprint density at radius 3 is 2.75 bits per heavy atom. The zero-order valence-corrected chi connectivity index (χ0v) is 15.4. The average molecular weight is 350 g/mol. The molecule has 1 heterocycles. The molecule has 0 radical (unpaired) electrons. The Hall–Kier alpha value is -2.01. The summed E-state index contributed by atoms with van der Waals surface area (Å²) in [5.41, 5.74) is 2.16. The number of carbonyl (C=O) groups excluding carboxylic acids is 1. The van der Waals surface area contributed by atoms with Crippen LogP contribution in [0.2, 0.25) is 5.15 Å². The lowest BCUT2D eigenvalue weighted by Gasteiger charge is -2.09. The molecule has 24 heavy (non-hydrogen) atoms. The highest BCUT2D eigenvalue weighted by atomic mass is 35.5. The first kappa shape index (κ1) is 18.3. The molecule has 0 saturated carbocycles. The van der Waals surface area contributed by atoms with Crippen molar-refractivity contribution in [2.24, 2.45) is 5.92 Å². The van der Waals surface area contributed by atoms with Gasteiger partial charge in [-0.1, -0.05) is 43.6 Å². The lowest BCUT2D eigenvalue weighted by atomic mass is 10.1. The van der Waals surface area contributed by atoms with E-state index in [2.05, 4.69) is 24.3 Å². The quantitative estimate of drug-likeness (QED) is 0.832. The number of halogens is 1. The summed E-state index contributed by atoms with van der Waals surface area (Å²) in [6.45, 7) is 7.16. The first-order valence-electron chi connectivity index (χ1n) is 8.07. The summed E-state index contributed by atoms with van der Waals surface area (Å²) in [5.74, 6) is 1.04. The molecule has 0 spiro atoms. The van der Waals surface area contributed by atoms with E-state index in [1.807, 2.05) is 24.3 Å². The van der Waals surface area contributed by atoms with E-state index < -0.39 is 0 Å². The van der Waals surface area contributed by atoms with Gasteiger partial charge in [-0.05, 0) is 30.9 Å². The van der Waals surface area contributed by atoms with Crippen LogP contribution in [0.4, 0.5) is 0 Å². The minimum absolute atomic E-state index is 0.192.